The summed E-state index contributed by atoms with van der Waals surface area (Å²) in [5.41, 5.74) is 2.14. The van der Waals surface area contributed by atoms with Crippen LogP contribution in [0.2, 0.25) is 0 Å². The molecule has 3 rings (SSSR count). The van der Waals surface area contributed by atoms with E-state index in [9.17, 15) is 4.79 Å². The highest BCUT2D eigenvalue weighted by Crippen LogP contribution is 2.23. The van der Waals surface area contributed by atoms with Crippen molar-refractivity contribution in [2.75, 3.05) is 38.2 Å². The zero-order chi connectivity index (χ0) is 21.7. The van der Waals surface area contributed by atoms with Crippen molar-refractivity contribution in [1.82, 2.24) is 9.80 Å². The van der Waals surface area contributed by atoms with Crippen molar-refractivity contribution >= 4 is 11.6 Å². The molecule has 1 amide bonds. The molecular weight excluding hydrogens is 374 g/mol. The number of hydrogen-bond acceptors (Lipinski definition) is 4. The van der Waals surface area contributed by atoms with Gasteiger partial charge in [-0.05, 0) is 57.5 Å². The van der Waals surface area contributed by atoms with E-state index >= 15 is 0 Å². The van der Waals surface area contributed by atoms with Crippen LogP contribution in [-0.4, -0.2) is 60.6 Å². The Morgan fingerprint density at radius 2 is 1.60 bits per heavy atom. The van der Waals surface area contributed by atoms with Crippen molar-refractivity contribution in [3.63, 3.8) is 0 Å². The van der Waals surface area contributed by atoms with Crippen LogP contribution in [0.5, 0.6) is 5.75 Å². The predicted molar refractivity (Wildman–Crippen MR) is 123 cm³/mol. The quantitative estimate of drug-likeness (QED) is 0.722. The number of methoxy groups -OCH3 is 1. The van der Waals surface area contributed by atoms with Gasteiger partial charge >= 0.3 is 0 Å². The molecule has 0 aliphatic carbocycles. The fourth-order valence-electron chi connectivity index (χ4n) is 3.95. The van der Waals surface area contributed by atoms with Crippen molar-refractivity contribution in [1.29, 1.82) is 0 Å². The number of piperazine rings is 1. The summed E-state index contributed by atoms with van der Waals surface area (Å²) >= 11 is 0. The number of nitrogens with zero attached hydrogens (tertiary/aromatic N) is 3. The molecule has 0 unspecified atom stereocenters. The number of anilines is 1. The minimum Gasteiger partial charge on any atom is -0.497 e. The monoisotopic (exact) mass is 409 g/mol. The largest absolute Gasteiger partial charge is 0.497 e. The normalized spacial score (nSPS) is 16.2. The van der Waals surface area contributed by atoms with E-state index in [1.54, 1.807) is 7.11 Å². The van der Waals surface area contributed by atoms with Crippen molar-refractivity contribution < 1.29 is 9.53 Å². The Kier molecular flexibility index (Phi) is 7.03. The number of amides is 1. The zero-order valence-electron chi connectivity index (χ0n) is 19.0. The molecule has 0 radical (unpaired) electrons. The number of carbonyl (C=O) groups excluding carboxylic acids is 1. The van der Waals surface area contributed by atoms with Gasteiger partial charge in [-0.15, -0.1) is 0 Å². The Labute approximate surface area is 181 Å². The second kappa shape index (κ2) is 9.52. The van der Waals surface area contributed by atoms with Gasteiger partial charge in [0.05, 0.1) is 13.2 Å². The Balaban J connectivity index is 1.63. The van der Waals surface area contributed by atoms with Gasteiger partial charge in [0, 0.05) is 44.0 Å². The van der Waals surface area contributed by atoms with Crippen LogP contribution in [-0.2, 0) is 11.3 Å². The average molecular weight is 410 g/mol. The molecule has 5 heteroatoms. The number of benzene rings is 2. The molecule has 1 fully saturated rings. The molecule has 0 aromatic heterocycles. The molecule has 0 spiro atoms. The van der Waals surface area contributed by atoms with E-state index in [4.69, 9.17) is 4.74 Å². The summed E-state index contributed by atoms with van der Waals surface area (Å²) in [5, 5.41) is 0. The van der Waals surface area contributed by atoms with Gasteiger partial charge in [-0.1, -0.05) is 30.3 Å². The van der Waals surface area contributed by atoms with Gasteiger partial charge in [-0.25, -0.2) is 0 Å². The molecule has 1 saturated heterocycles. The third kappa shape index (κ3) is 5.33. The Morgan fingerprint density at radius 3 is 2.13 bits per heavy atom. The van der Waals surface area contributed by atoms with Crippen molar-refractivity contribution in [2.45, 2.75) is 45.8 Å². The summed E-state index contributed by atoms with van der Waals surface area (Å²) in [4.78, 5) is 20.2. The van der Waals surface area contributed by atoms with E-state index in [0.29, 0.717) is 6.54 Å². The maximum absolute atomic E-state index is 13.5. The number of hydrogen-bond donors (Lipinski definition) is 0. The van der Waals surface area contributed by atoms with Gasteiger partial charge in [-0.2, -0.15) is 0 Å². The number of rotatable bonds is 6. The lowest BCUT2D eigenvalue weighted by Crippen LogP contribution is -2.57. The van der Waals surface area contributed by atoms with Crippen LogP contribution in [0.15, 0.2) is 54.6 Å². The molecule has 2 aromatic rings. The van der Waals surface area contributed by atoms with Gasteiger partial charge in [-0.3, -0.25) is 9.69 Å². The van der Waals surface area contributed by atoms with Crippen LogP contribution in [0.25, 0.3) is 0 Å². The Hall–Kier alpha value is -2.53. The fraction of sp³-hybridized carbons (Fsp3) is 0.480. The van der Waals surface area contributed by atoms with E-state index in [-0.39, 0.29) is 17.5 Å². The summed E-state index contributed by atoms with van der Waals surface area (Å²) in [7, 11) is 1.69. The van der Waals surface area contributed by atoms with Gasteiger partial charge in [0.1, 0.15) is 5.75 Å². The molecule has 5 nitrogen and oxygen atoms in total. The number of ether oxygens (including phenoxy) is 1. The maximum Gasteiger partial charge on any atom is 0.240 e. The van der Waals surface area contributed by atoms with Crippen molar-refractivity contribution in [3.05, 3.63) is 60.2 Å². The molecular formula is C25H35N3O2. The smallest absolute Gasteiger partial charge is 0.240 e. The number of carbonyl (C=O) groups is 1. The van der Waals surface area contributed by atoms with Crippen LogP contribution in [0.3, 0.4) is 0 Å². The van der Waals surface area contributed by atoms with Crippen LogP contribution < -0.4 is 9.64 Å². The van der Waals surface area contributed by atoms with Crippen molar-refractivity contribution in [3.8, 4) is 5.75 Å². The second-order valence-electron chi connectivity index (χ2n) is 8.98. The highest BCUT2D eigenvalue weighted by atomic mass is 16.5. The zero-order valence-corrected chi connectivity index (χ0v) is 19.0. The predicted octanol–water partition coefficient (Wildman–Crippen LogP) is 4.03. The third-order valence-corrected chi connectivity index (χ3v) is 5.92. The fourth-order valence-corrected chi connectivity index (χ4v) is 3.95. The SMILES string of the molecule is COc1ccc(N2CCN([C@H](C)C(=O)N(Cc3ccccc3)C(C)(C)C)CC2)cc1. The molecule has 162 valence electrons. The van der Waals surface area contributed by atoms with Gasteiger partial charge in [0.2, 0.25) is 5.91 Å². The topological polar surface area (TPSA) is 36.0 Å². The van der Waals surface area contributed by atoms with E-state index in [1.165, 1.54) is 5.69 Å². The van der Waals surface area contributed by atoms with Gasteiger partial charge in [0.15, 0.2) is 0 Å². The van der Waals surface area contributed by atoms with Gasteiger partial charge < -0.3 is 14.5 Å². The molecule has 1 aliphatic rings. The van der Waals surface area contributed by atoms with Crippen LogP contribution in [0, 0.1) is 0 Å². The molecule has 1 heterocycles. The lowest BCUT2D eigenvalue weighted by atomic mass is 10.0. The van der Waals surface area contributed by atoms with Crippen LogP contribution in [0.4, 0.5) is 5.69 Å². The summed E-state index contributed by atoms with van der Waals surface area (Å²) in [6, 6.07) is 18.3. The lowest BCUT2D eigenvalue weighted by molar-refractivity contribution is -0.142. The molecule has 30 heavy (non-hydrogen) atoms. The van der Waals surface area contributed by atoms with E-state index < -0.39 is 0 Å². The van der Waals surface area contributed by atoms with Crippen LogP contribution in [0.1, 0.15) is 33.3 Å². The molecule has 1 aliphatic heterocycles. The molecule has 0 saturated carbocycles. The summed E-state index contributed by atoms with van der Waals surface area (Å²) < 4.78 is 5.25. The first-order valence-corrected chi connectivity index (χ1v) is 10.8. The van der Waals surface area contributed by atoms with E-state index in [2.05, 4.69) is 61.8 Å². The third-order valence-electron chi connectivity index (χ3n) is 5.92. The standard InChI is InChI=1S/C25H35N3O2/c1-20(24(29)28(25(2,3)4)19-21-9-7-6-8-10-21)26-15-17-27(18-16-26)22-11-13-23(30-5)14-12-22/h6-14,20H,15-19H2,1-5H3/t20-/m1/s1. The summed E-state index contributed by atoms with van der Waals surface area (Å²) in [5.74, 6) is 1.07. The van der Waals surface area contributed by atoms with Crippen molar-refractivity contribution in [2.24, 2.45) is 0 Å². The van der Waals surface area contributed by atoms with E-state index in [0.717, 1.165) is 37.5 Å². The highest BCUT2D eigenvalue weighted by molar-refractivity contribution is 5.82. The van der Waals surface area contributed by atoms with Crippen LogP contribution >= 0.6 is 0 Å². The Morgan fingerprint density at radius 1 is 1.00 bits per heavy atom. The molecule has 0 N–H and O–H groups in total. The average Bonchev–Trinajstić information content (AvgIpc) is 2.76. The molecule has 1 atom stereocenters. The Bertz CT molecular complexity index is 807. The maximum atomic E-state index is 13.5. The summed E-state index contributed by atoms with van der Waals surface area (Å²) in [6.07, 6.45) is 0. The minimum absolute atomic E-state index is 0.133. The molecule has 2 aromatic carbocycles. The first-order chi connectivity index (χ1) is 14.3. The van der Waals surface area contributed by atoms with Gasteiger partial charge in [0.25, 0.3) is 0 Å². The highest BCUT2D eigenvalue weighted by Gasteiger charge is 2.33. The second-order valence-corrected chi connectivity index (χ2v) is 8.98. The summed E-state index contributed by atoms with van der Waals surface area (Å²) in [6.45, 7) is 12.6. The first kappa shape index (κ1) is 22.2. The molecule has 0 bridgehead atoms. The minimum atomic E-state index is -0.230. The lowest BCUT2D eigenvalue weighted by Gasteiger charge is -2.43. The van der Waals surface area contributed by atoms with E-state index in [1.807, 2.05) is 35.2 Å². The first-order valence-electron chi connectivity index (χ1n) is 10.8.